The number of nitrogens with one attached hydrogen (secondary N) is 2. The Kier molecular flexibility index (Phi) is 4.48. The number of H-pyrrole nitrogens is 1. The van der Waals surface area contributed by atoms with Crippen molar-refractivity contribution in [2.45, 2.75) is 25.9 Å². The second kappa shape index (κ2) is 7.07. The molecule has 5 nitrogen and oxygen atoms in total. The molecule has 1 fully saturated rings. The third kappa shape index (κ3) is 3.88. The highest BCUT2D eigenvalue weighted by atomic mass is 15.2. The minimum Gasteiger partial charge on any atom is -0.381 e. The molecule has 0 bridgehead atoms. The van der Waals surface area contributed by atoms with Crippen LogP contribution in [-0.4, -0.2) is 39.2 Å². The first-order valence-corrected chi connectivity index (χ1v) is 8.78. The summed E-state index contributed by atoms with van der Waals surface area (Å²) in [5, 5.41) is 10.8. The third-order valence-electron chi connectivity index (χ3n) is 4.61. The Morgan fingerprint density at radius 1 is 1.16 bits per heavy atom. The lowest BCUT2D eigenvalue weighted by Crippen LogP contribution is -2.25. The van der Waals surface area contributed by atoms with E-state index in [4.69, 9.17) is 0 Å². The van der Waals surface area contributed by atoms with Crippen molar-refractivity contribution < 1.29 is 0 Å². The van der Waals surface area contributed by atoms with E-state index < -0.39 is 0 Å². The van der Waals surface area contributed by atoms with E-state index in [9.17, 15) is 0 Å². The number of anilines is 1. The van der Waals surface area contributed by atoms with Gasteiger partial charge in [-0.3, -0.25) is 10.00 Å². The molecule has 25 heavy (non-hydrogen) atoms. The highest BCUT2D eigenvalue weighted by Crippen LogP contribution is 2.22. The molecule has 0 aliphatic carbocycles. The molecule has 0 radical (unpaired) electrons. The van der Waals surface area contributed by atoms with Crippen molar-refractivity contribution in [2.24, 2.45) is 0 Å². The summed E-state index contributed by atoms with van der Waals surface area (Å²) in [6, 6.07) is 19.5. The van der Waals surface area contributed by atoms with Crippen LogP contribution in [0.25, 0.3) is 11.4 Å². The molecule has 1 aromatic heterocycles. The largest absolute Gasteiger partial charge is 0.381 e. The normalized spacial score (nSPS) is 17.7. The van der Waals surface area contributed by atoms with Crippen LogP contribution in [0.5, 0.6) is 0 Å². The number of aromatic nitrogens is 3. The Bertz CT molecular complexity index is 827. The van der Waals surface area contributed by atoms with Crippen molar-refractivity contribution in [1.29, 1.82) is 0 Å². The third-order valence-corrected chi connectivity index (χ3v) is 4.61. The molecule has 2 aromatic carbocycles. The molecule has 1 aliphatic heterocycles. The molecule has 2 N–H and O–H groups in total. The van der Waals surface area contributed by atoms with Gasteiger partial charge in [-0.2, -0.15) is 5.10 Å². The number of aromatic amines is 1. The quantitative estimate of drug-likeness (QED) is 0.751. The van der Waals surface area contributed by atoms with E-state index in [-0.39, 0.29) is 0 Å². The van der Waals surface area contributed by atoms with Crippen molar-refractivity contribution in [3.05, 3.63) is 66.0 Å². The van der Waals surface area contributed by atoms with Gasteiger partial charge < -0.3 is 5.32 Å². The van der Waals surface area contributed by atoms with Crippen molar-refractivity contribution in [3.63, 3.8) is 0 Å². The SMILES string of the molecule is Cc1nc(-c2cccc(NC3CCN(Cc4ccccc4)C3)c2)n[nH]1. The fourth-order valence-corrected chi connectivity index (χ4v) is 3.39. The van der Waals surface area contributed by atoms with Crippen LogP contribution < -0.4 is 5.32 Å². The van der Waals surface area contributed by atoms with Gasteiger partial charge >= 0.3 is 0 Å². The standard InChI is InChI=1S/C20H23N5/c1-15-21-20(24-23-15)17-8-5-9-18(12-17)22-19-10-11-25(14-19)13-16-6-3-2-4-7-16/h2-9,12,19,22H,10-11,13-14H2,1H3,(H,21,23,24). The van der Waals surface area contributed by atoms with Crippen molar-refractivity contribution in [2.75, 3.05) is 18.4 Å². The summed E-state index contributed by atoms with van der Waals surface area (Å²) in [4.78, 5) is 6.92. The van der Waals surface area contributed by atoms with Gasteiger partial charge in [0.1, 0.15) is 5.82 Å². The maximum Gasteiger partial charge on any atom is 0.181 e. The number of nitrogens with zero attached hydrogens (tertiary/aromatic N) is 3. The molecule has 1 aliphatic rings. The summed E-state index contributed by atoms with van der Waals surface area (Å²) < 4.78 is 0. The number of aryl methyl sites for hydroxylation is 1. The molecule has 0 spiro atoms. The summed E-state index contributed by atoms with van der Waals surface area (Å²) >= 11 is 0. The van der Waals surface area contributed by atoms with E-state index in [1.54, 1.807) is 0 Å². The minimum absolute atomic E-state index is 0.479. The molecular weight excluding hydrogens is 310 g/mol. The first-order chi connectivity index (χ1) is 12.3. The number of likely N-dealkylation sites (tertiary alicyclic amines) is 1. The summed E-state index contributed by atoms with van der Waals surface area (Å²) in [7, 11) is 0. The van der Waals surface area contributed by atoms with E-state index in [1.165, 1.54) is 5.56 Å². The van der Waals surface area contributed by atoms with Crippen LogP contribution >= 0.6 is 0 Å². The minimum atomic E-state index is 0.479. The number of hydrogen-bond acceptors (Lipinski definition) is 4. The highest BCUT2D eigenvalue weighted by Gasteiger charge is 2.22. The van der Waals surface area contributed by atoms with Crippen LogP contribution in [-0.2, 0) is 6.54 Å². The zero-order valence-electron chi connectivity index (χ0n) is 14.4. The van der Waals surface area contributed by atoms with E-state index >= 15 is 0 Å². The van der Waals surface area contributed by atoms with E-state index in [2.05, 4.69) is 73.9 Å². The van der Waals surface area contributed by atoms with Crippen LogP contribution in [0, 0.1) is 6.92 Å². The van der Waals surface area contributed by atoms with Crippen molar-refractivity contribution in [1.82, 2.24) is 20.1 Å². The Morgan fingerprint density at radius 2 is 2.04 bits per heavy atom. The van der Waals surface area contributed by atoms with Gasteiger partial charge in [-0.15, -0.1) is 0 Å². The predicted octanol–water partition coefficient (Wildman–Crippen LogP) is 3.47. The van der Waals surface area contributed by atoms with Gasteiger partial charge in [0, 0.05) is 36.9 Å². The van der Waals surface area contributed by atoms with Gasteiger partial charge in [-0.05, 0) is 31.0 Å². The zero-order chi connectivity index (χ0) is 17.1. The number of hydrogen-bond donors (Lipinski definition) is 2. The lowest BCUT2D eigenvalue weighted by molar-refractivity contribution is 0.328. The molecule has 2 heterocycles. The van der Waals surface area contributed by atoms with E-state index in [1.807, 2.05) is 13.0 Å². The van der Waals surface area contributed by atoms with Crippen molar-refractivity contribution >= 4 is 5.69 Å². The van der Waals surface area contributed by atoms with Crippen LogP contribution in [0.1, 0.15) is 17.8 Å². The number of benzene rings is 2. The molecule has 1 saturated heterocycles. The van der Waals surface area contributed by atoms with Gasteiger partial charge in [0.2, 0.25) is 0 Å². The van der Waals surface area contributed by atoms with Gasteiger partial charge in [-0.25, -0.2) is 4.98 Å². The lowest BCUT2D eigenvalue weighted by Gasteiger charge is -2.17. The second-order valence-corrected chi connectivity index (χ2v) is 6.68. The van der Waals surface area contributed by atoms with Gasteiger partial charge in [0.05, 0.1) is 0 Å². The van der Waals surface area contributed by atoms with Gasteiger partial charge in [0.25, 0.3) is 0 Å². The average molecular weight is 333 g/mol. The molecule has 1 atom stereocenters. The average Bonchev–Trinajstić information content (AvgIpc) is 3.25. The predicted molar refractivity (Wildman–Crippen MR) is 100 cm³/mol. The highest BCUT2D eigenvalue weighted by molar-refractivity contribution is 5.62. The summed E-state index contributed by atoms with van der Waals surface area (Å²) in [5.74, 6) is 1.58. The number of rotatable bonds is 5. The Labute approximate surface area is 148 Å². The fraction of sp³-hybridized carbons (Fsp3) is 0.300. The smallest absolute Gasteiger partial charge is 0.181 e. The zero-order valence-corrected chi connectivity index (χ0v) is 14.4. The molecule has 1 unspecified atom stereocenters. The maximum absolute atomic E-state index is 4.41. The molecule has 0 saturated carbocycles. The van der Waals surface area contributed by atoms with E-state index in [0.717, 1.165) is 49.0 Å². The summed E-state index contributed by atoms with van der Waals surface area (Å²) in [5.41, 5.74) is 3.55. The topological polar surface area (TPSA) is 56.8 Å². The molecule has 4 rings (SSSR count). The summed E-state index contributed by atoms with van der Waals surface area (Å²) in [6.45, 7) is 5.14. The van der Waals surface area contributed by atoms with Crippen LogP contribution in [0.3, 0.4) is 0 Å². The Hall–Kier alpha value is -2.66. The van der Waals surface area contributed by atoms with Crippen LogP contribution in [0.4, 0.5) is 5.69 Å². The maximum atomic E-state index is 4.41. The second-order valence-electron chi connectivity index (χ2n) is 6.68. The molecule has 5 heteroatoms. The lowest BCUT2D eigenvalue weighted by atomic mass is 10.1. The van der Waals surface area contributed by atoms with Crippen LogP contribution in [0.2, 0.25) is 0 Å². The van der Waals surface area contributed by atoms with Gasteiger partial charge in [-0.1, -0.05) is 42.5 Å². The fourth-order valence-electron chi connectivity index (χ4n) is 3.39. The monoisotopic (exact) mass is 333 g/mol. The van der Waals surface area contributed by atoms with E-state index in [0.29, 0.717) is 6.04 Å². The first-order valence-electron chi connectivity index (χ1n) is 8.78. The molecule has 128 valence electrons. The Balaban J connectivity index is 1.38. The molecule has 3 aromatic rings. The molecule has 0 amide bonds. The van der Waals surface area contributed by atoms with Gasteiger partial charge in [0.15, 0.2) is 5.82 Å². The van der Waals surface area contributed by atoms with Crippen LogP contribution in [0.15, 0.2) is 54.6 Å². The summed E-state index contributed by atoms with van der Waals surface area (Å²) in [6.07, 6.45) is 1.16. The first kappa shape index (κ1) is 15.8. The Morgan fingerprint density at radius 3 is 2.84 bits per heavy atom. The molecular formula is C20H23N5. The van der Waals surface area contributed by atoms with Crippen molar-refractivity contribution in [3.8, 4) is 11.4 Å².